The molecule has 0 saturated heterocycles. The summed E-state index contributed by atoms with van der Waals surface area (Å²) in [6.07, 6.45) is 1.23. The van der Waals surface area contributed by atoms with E-state index in [0.29, 0.717) is 5.56 Å². The first kappa shape index (κ1) is 13.6. The van der Waals surface area contributed by atoms with Gasteiger partial charge < -0.3 is 15.5 Å². The molecule has 0 fully saturated rings. The van der Waals surface area contributed by atoms with Gasteiger partial charge in [-0.05, 0) is 19.1 Å². The zero-order chi connectivity index (χ0) is 13.8. The molecule has 7 nitrogen and oxygen atoms in total. The van der Waals surface area contributed by atoms with E-state index in [2.05, 4.69) is 10.3 Å². The van der Waals surface area contributed by atoms with Gasteiger partial charge in [-0.2, -0.15) is 5.26 Å². The Morgan fingerprint density at radius 2 is 2.22 bits per heavy atom. The molecule has 1 rings (SSSR count). The zero-order valence-electron chi connectivity index (χ0n) is 9.54. The lowest BCUT2D eigenvalue weighted by molar-refractivity contribution is -0.155. The highest BCUT2D eigenvalue weighted by Crippen LogP contribution is 2.03. The second-order valence-electron chi connectivity index (χ2n) is 3.81. The van der Waals surface area contributed by atoms with Crippen LogP contribution in [-0.2, 0) is 4.79 Å². The Morgan fingerprint density at radius 1 is 1.56 bits per heavy atom. The first-order valence-corrected chi connectivity index (χ1v) is 4.97. The number of aromatic nitrogens is 1. The van der Waals surface area contributed by atoms with Crippen molar-refractivity contribution in [3.05, 3.63) is 29.6 Å². The molecule has 0 bridgehead atoms. The summed E-state index contributed by atoms with van der Waals surface area (Å²) in [6.45, 7) is 0.630. The molecule has 7 heteroatoms. The molecule has 1 amide bonds. The minimum absolute atomic E-state index is 0.0372. The maximum absolute atomic E-state index is 11.6. The third-order valence-electron chi connectivity index (χ3n) is 2.18. The highest BCUT2D eigenvalue weighted by molar-refractivity contribution is 5.92. The molecule has 0 spiro atoms. The van der Waals surface area contributed by atoms with Crippen molar-refractivity contribution in [2.75, 3.05) is 6.54 Å². The first-order valence-electron chi connectivity index (χ1n) is 4.97. The van der Waals surface area contributed by atoms with E-state index >= 15 is 0 Å². The number of hydrogen-bond donors (Lipinski definition) is 3. The van der Waals surface area contributed by atoms with Crippen molar-refractivity contribution in [1.82, 2.24) is 10.3 Å². The van der Waals surface area contributed by atoms with Gasteiger partial charge >= 0.3 is 5.97 Å². The van der Waals surface area contributed by atoms with Crippen LogP contribution in [0.15, 0.2) is 18.3 Å². The number of carbonyl (C=O) groups is 2. The van der Waals surface area contributed by atoms with Gasteiger partial charge in [0, 0.05) is 6.20 Å². The number of aliphatic hydroxyl groups is 1. The summed E-state index contributed by atoms with van der Waals surface area (Å²) >= 11 is 0. The number of pyridine rings is 1. The predicted octanol–water partition coefficient (Wildman–Crippen LogP) is -0.481. The Kier molecular flexibility index (Phi) is 3.97. The molecule has 0 aliphatic rings. The second-order valence-corrected chi connectivity index (χ2v) is 3.81. The van der Waals surface area contributed by atoms with Crippen LogP contribution in [0.5, 0.6) is 0 Å². The molecule has 1 aromatic rings. The van der Waals surface area contributed by atoms with E-state index in [-0.39, 0.29) is 5.69 Å². The fraction of sp³-hybridized carbons (Fsp3) is 0.273. The van der Waals surface area contributed by atoms with Gasteiger partial charge in [-0.3, -0.25) is 4.79 Å². The van der Waals surface area contributed by atoms with E-state index < -0.39 is 24.0 Å². The first-order chi connectivity index (χ1) is 8.36. The van der Waals surface area contributed by atoms with E-state index in [1.54, 1.807) is 0 Å². The van der Waals surface area contributed by atoms with Crippen molar-refractivity contribution in [2.45, 2.75) is 12.5 Å². The average molecular weight is 249 g/mol. The number of carboxylic acid groups (broad SMARTS) is 1. The van der Waals surface area contributed by atoms with Gasteiger partial charge in [0.1, 0.15) is 11.8 Å². The Morgan fingerprint density at radius 3 is 2.67 bits per heavy atom. The minimum Gasteiger partial charge on any atom is -0.479 e. The average Bonchev–Trinajstić information content (AvgIpc) is 2.36. The van der Waals surface area contributed by atoms with Crippen LogP contribution in [0.1, 0.15) is 23.0 Å². The summed E-state index contributed by atoms with van der Waals surface area (Å²) in [6, 6.07) is 4.60. The van der Waals surface area contributed by atoms with Crippen LogP contribution in [0.3, 0.4) is 0 Å². The SMILES string of the molecule is CC(O)(CNC(=O)c1ccc(C#N)cn1)C(=O)O. The van der Waals surface area contributed by atoms with Crippen LogP contribution in [0.4, 0.5) is 0 Å². The monoisotopic (exact) mass is 249 g/mol. The molecule has 1 atom stereocenters. The number of carbonyl (C=O) groups excluding carboxylic acids is 1. The van der Waals surface area contributed by atoms with Gasteiger partial charge in [0.05, 0.1) is 12.1 Å². The van der Waals surface area contributed by atoms with Gasteiger partial charge in [-0.25, -0.2) is 9.78 Å². The topological polar surface area (TPSA) is 123 Å². The largest absolute Gasteiger partial charge is 0.479 e. The van der Waals surface area contributed by atoms with Crippen LogP contribution < -0.4 is 5.32 Å². The highest BCUT2D eigenvalue weighted by atomic mass is 16.4. The van der Waals surface area contributed by atoms with Gasteiger partial charge in [-0.1, -0.05) is 0 Å². The summed E-state index contributed by atoms with van der Waals surface area (Å²) in [5.74, 6) is -2.06. The Balaban J connectivity index is 2.66. The standard InChI is InChI=1S/C11H11N3O4/c1-11(18,10(16)17)6-14-9(15)8-3-2-7(4-12)5-13-8/h2-3,5,18H,6H2,1H3,(H,14,15)(H,16,17). The number of amides is 1. The third kappa shape index (κ3) is 3.26. The van der Waals surface area contributed by atoms with Crippen molar-refractivity contribution >= 4 is 11.9 Å². The minimum atomic E-state index is -2.04. The van der Waals surface area contributed by atoms with Crippen LogP contribution >= 0.6 is 0 Å². The van der Waals surface area contributed by atoms with Crippen molar-refractivity contribution in [2.24, 2.45) is 0 Å². The summed E-state index contributed by atoms with van der Waals surface area (Å²) in [7, 11) is 0. The molecule has 94 valence electrons. The Labute approximate surface area is 103 Å². The van der Waals surface area contributed by atoms with Gasteiger partial charge in [0.2, 0.25) is 0 Å². The van der Waals surface area contributed by atoms with Gasteiger partial charge in [0.25, 0.3) is 5.91 Å². The molecular formula is C11H11N3O4. The van der Waals surface area contributed by atoms with E-state index in [0.717, 1.165) is 6.92 Å². The van der Waals surface area contributed by atoms with E-state index in [1.807, 2.05) is 6.07 Å². The third-order valence-corrected chi connectivity index (χ3v) is 2.18. The molecule has 0 aliphatic carbocycles. The van der Waals surface area contributed by atoms with Gasteiger partial charge in [-0.15, -0.1) is 0 Å². The second kappa shape index (κ2) is 5.25. The number of hydrogen-bond acceptors (Lipinski definition) is 5. The number of nitrogens with zero attached hydrogens (tertiary/aromatic N) is 2. The number of aliphatic carboxylic acids is 1. The zero-order valence-corrected chi connectivity index (χ0v) is 9.54. The van der Waals surface area contributed by atoms with Crippen LogP contribution in [0.25, 0.3) is 0 Å². The highest BCUT2D eigenvalue weighted by Gasteiger charge is 2.30. The number of nitrogens with one attached hydrogen (secondary N) is 1. The number of rotatable bonds is 4. The van der Waals surface area contributed by atoms with Crippen molar-refractivity contribution < 1.29 is 19.8 Å². The van der Waals surface area contributed by atoms with Crippen molar-refractivity contribution in [1.29, 1.82) is 5.26 Å². The molecule has 3 N–H and O–H groups in total. The molecule has 0 aromatic carbocycles. The summed E-state index contributed by atoms with van der Waals surface area (Å²) in [5, 5.41) is 28.8. The van der Waals surface area contributed by atoms with E-state index in [9.17, 15) is 14.7 Å². The fourth-order valence-corrected chi connectivity index (χ4v) is 1.01. The molecule has 18 heavy (non-hydrogen) atoms. The normalized spacial score (nSPS) is 13.2. The summed E-state index contributed by atoms with van der Waals surface area (Å²) < 4.78 is 0. The number of carboxylic acids is 1. The smallest absolute Gasteiger partial charge is 0.337 e. The molecule has 1 aromatic heterocycles. The lowest BCUT2D eigenvalue weighted by atomic mass is 10.1. The van der Waals surface area contributed by atoms with Crippen molar-refractivity contribution in [3.63, 3.8) is 0 Å². The summed E-state index contributed by atoms with van der Waals surface area (Å²) in [5.41, 5.74) is -1.69. The Hall–Kier alpha value is -2.46. The van der Waals surface area contributed by atoms with E-state index in [1.165, 1.54) is 18.3 Å². The predicted molar refractivity (Wildman–Crippen MR) is 59.5 cm³/mol. The molecule has 1 heterocycles. The van der Waals surface area contributed by atoms with Crippen LogP contribution in [0, 0.1) is 11.3 Å². The lowest BCUT2D eigenvalue weighted by Gasteiger charge is -2.17. The van der Waals surface area contributed by atoms with Crippen LogP contribution in [-0.4, -0.2) is 39.2 Å². The molecular weight excluding hydrogens is 238 g/mol. The van der Waals surface area contributed by atoms with E-state index in [4.69, 9.17) is 10.4 Å². The Bertz CT molecular complexity index is 502. The van der Waals surface area contributed by atoms with Crippen LogP contribution in [0.2, 0.25) is 0 Å². The van der Waals surface area contributed by atoms with Gasteiger partial charge in [0.15, 0.2) is 5.60 Å². The summed E-state index contributed by atoms with van der Waals surface area (Å²) in [4.78, 5) is 25.9. The van der Waals surface area contributed by atoms with Crippen molar-refractivity contribution in [3.8, 4) is 6.07 Å². The quantitative estimate of drug-likeness (QED) is 0.662. The lowest BCUT2D eigenvalue weighted by Crippen LogP contribution is -2.46. The maximum Gasteiger partial charge on any atom is 0.337 e. The fourth-order valence-electron chi connectivity index (χ4n) is 1.01. The molecule has 1 unspecified atom stereocenters. The number of nitriles is 1. The molecule has 0 radical (unpaired) electrons. The maximum atomic E-state index is 11.6. The molecule has 0 aliphatic heterocycles. The molecule has 0 saturated carbocycles.